The van der Waals surface area contributed by atoms with Crippen LogP contribution in [0.4, 0.5) is 15.0 Å². The number of hydrogen-bond donors (Lipinski definition) is 1. The Morgan fingerprint density at radius 1 is 1.19 bits per heavy atom. The van der Waals surface area contributed by atoms with Crippen molar-refractivity contribution in [1.82, 2.24) is 4.98 Å². The Bertz CT molecular complexity index is 921. The number of amides is 1. The summed E-state index contributed by atoms with van der Waals surface area (Å²) in [5, 5.41) is 0. The van der Waals surface area contributed by atoms with Gasteiger partial charge < -0.3 is 15.2 Å². The number of aromatic nitrogens is 1. The minimum absolute atomic E-state index is 0.143. The third-order valence-electron chi connectivity index (χ3n) is 4.93. The van der Waals surface area contributed by atoms with Crippen molar-refractivity contribution in [2.24, 2.45) is 5.73 Å². The number of pyridine rings is 1. The molecule has 1 aromatic carbocycles. The van der Waals surface area contributed by atoms with Crippen LogP contribution in [-0.4, -0.2) is 41.7 Å². The molecule has 0 spiro atoms. The highest BCUT2D eigenvalue weighted by atomic mass is 19.1. The highest BCUT2D eigenvalue weighted by Crippen LogP contribution is 2.27. The molecular formula is C23H28FN3O4. The first-order chi connectivity index (χ1) is 14.7. The largest absolute Gasteiger partial charge is 0.443 e. The molecule has 1 aliphatic rings. The Morgan fingerprint density at radius 2 is 1.84 bits per heavy atom. The van der Waals surface area contributed by atoms with Gasteiger partial charge in [0.2, 0.25) is 0 Å². The Labute approximate surface area is 181 Å². The molecule has 7 nitrogen and oxygen atoms in total. The second kappa shape index (κ2) is 9.53. The Balaban J connectivity index is 1.90. The number of carbonyl (C=O) groups excluding carboxylic acids is 2. The minimum atomic E-state index is -0.984. The minimum Gasteiger partial charge on any atom is -0.443 e. The molecule has 1 atom stereocenters. The van der Waals surface area contributed by atoms with Gasteiger partial charge in [0.05, 0.1) is 6.04 Å². The molecule has 1 fully saturated rings. The monoisotopic (exact) mass is 429 g/mol. The van der Waals surface area contributed by atoms with Crippen LogP contribution in [0.3, 0.4) is 0 Å². The summed E-state index contributed by atoms with van der Waals surface area (Å²) in [6.45, 7) is 6.47. The van der Waals surface area contributed by atoms with Crippen molar-refractivity contribution in [3.63, 3.8) is 0 Å². The second-order valence-corrected chi connectivity index (χ2v) is 8.49. The van der Waals surface area contributed by atoms with Crippen LogP contribution in [0.1, 0.15) is 55.6 Å². The Hall–Kier alpha value is -2.84. The Morgan fingerprint density at radius 3 is 2.45 bits per heavy atom. The van der Waals surface area contributed by atoms with E-state index in [0.29, 0.717) is 43.0 Å². The number of hydrogen-bond acceptors (Lipinski definition) is 6. The normalized spacial score (nSPS) is 15.9. The van der Waals surface area contributed by atoms with Crippen LogP contribution < -0.4 is 10.6 Å². The second-order valence-electron chi connectivity index (χ2n) is 8.49. The van der Waals surface area contributed by atoms with Crippen LogP contribution in [0.5, 0.6) is 0 Å². The van der Waals surface area contributed by atoms with Gasteiger partial charge in [-0.15, -0.1) is 0 Å². The predicted molar refractivity (Wildman–Crippen MR) is 114 cm³/mol. The summed E-state index contributed by atoms with van der Waals surface area (Å²) in [4.78, 5) is 31.7. The van der Waals surface area contributed by atoms with Crippen molar-refractivity contribution in [3.8, 4) is 0 Å². The van der Waals surface area contributed by atoms with E-state index in [1.165, 1.54) is 35.4 Å². The quantitative estimate of drug-likeness (QED) is 0.722. The first-order valence-corrected chi connectivity index (χ1v) is 10.3. The lowest BCUT2D eigenvalue weighted by Gasteiger charge is -2.35. The highest BCUT2D eigenvalue weighted by molar-refractivity contribution is 6.00. The molecule has 2 heterocycles. The number of rotatable bonds is 5. The maximum atomic E-state index is 13.2. The van der Waals surface area contributed by atoms with Crippen LogP contribution in [0, 0.1) is 5.82 Å². The van der Waals surface area contributed by atoms with Crippen molar-refractivity contribution < 1.29 is 23.5 Å². The van der Waals surface area contributed by atoms with E-state index < -0.39 is 23.6 Å². The van der Waals surface area contributed by atoms with E-state index in [-0.39, 0.29) is 11.8 Å². The van der Waals surface area contributed by atoms with Crippen LogP contribution in [0.25, 0.3) is 0 Å². The van der Waals surface area contributed by atoms with Gasteiger partial charge in [0.15, 0.2) is 5.78 Å². The molecule has 2 aromatic rings. The average Bonchev–Trinajstić information content (AvgIpc) is 2.73. The summed E-state index contributed by atoms with van der Waals surface area (Å²) in [5.74, 6) is -0.422. The maximum absolute atomic E-state index is 13.2. The molecule has 8 heteroatoms. The zero-order valence-corrected chi connectivity index (χ0v) is 18.0. The fourth-order valence-electron chi connectivity index (χ4n) is 3.39. The van der Waals surface area contributed by atoms with Gasteiger partial charge in [0, 0.05) is 31.0 Å². The molecule has 0 bridgehead atoms. The summed E-state index contributed by atoms with van der Waals surface area (Å²) in [6.07, 6.45) is 2.29. The van der Waals surface area contributed by atoms with Crippen LogP contribution in [0.15, 0.2) is 42.6 Å². The van der Waals surface area contributed by atoms with Gasteiger partial charge in [-0.25, -0.2) is 14.2 Å². The number of benzene rings is 1. The van der Waals surface area contributed by atoms with Gasteiger partial charge in [0.1, 0.15) is 17.2 Å². The zero-order valence-electron chi connectivity index (χ0n) is 18.0. The lowest BCUT2D eigenvalue weighted by Crippen LogP contribution is -2.46. The predicted octanol–water partition coefficient (Wildman–Crippen LogP) is 4.02. The SMILES string of the molecule is CC(C)(C)OC(=O)N(c1cc(C(N)C(=O)c2ccc(F)cc2)ccn1)C1CCOCC1. The molecular weight excluding hydrogens is 401 g/mol. The molecule has 0 radical (unpaired) electrons. The smallest absolute Gasteiger partial charge is 0.416 e. The third kappa shape index (κ3) is 5.86. The first kappa shape index (κ1) is 22.8. The van der Waals surface area contributed by atoms with Gasteiger partial charge in [-0.05, 0) is 75.6 Å². The molecule has 3 rings (SSSR count). The van der Waals surface area contributed by atoms with Crippen molar-refractivity contribution in [2.45, 2.75) is 51.3 Å². The topological polar surface area (TPSA) is 94.8 Å². The highest BCUT2D eigenvalue weighted by Gasteiger charge is 2.32. The number of nitrogens with two attached hydrogens (primary N) is 1. The van der Waals surface area contributed by atoms with E-state index in [1.54, 1.807) is 32.9 Å². The lowest BCUT2D eigenvalue weighted by atomic mass is 9.98. The van der Waals surface area contributed by atoms with Crippen LogP contribution in [0.2, 0.25) is 0 Å². The fraction of sp³-hybridized carbons (Fsp3) is 0.435. The van der Waals surface area contributed by atoms with Crippen molar-refractivity contribution >= 4 is 17.7 Å². The molecule has 1 unspecified atom stereocenters. The number of nitrogens with zero attached hydrogens (tertiary/aromatic N) is 2. The summed E-state index contributed by atoms with van der Waals surface area (Å²) in [6, 6.07) is 7.36. The van der Waals surface area contributed by atoms with Gasteiger partial charge in [-0.3, -0.25) is 9.69 Å². The summed E-state index contributed by atoms with van der Waals surface area (Å²) < 4.78 is 24.2. The van der Waals surface area contributed by atoms with Crippen LogP contribution in [-0.2, 0) is 9.47 Å². The van der Waals surface area contributed by atoms with E-state index in [1.807, 2.05) is 0 Å². The summed E-state index contributed by atoms with van der Waals surface area (Å²) in [5.41, 5.74) is 6.34. The molecule has 166 valence electrons. The standard InChI is InChI=1S/C23H28FN3O4/c1-23(2,3)31-22(29)27(18-9-12-30-13-10-18)19-14-16(8-11-26-19)20(25)21(28)15-4-6-17(24)7-5-15/h4-8,11,14,18,20H,9-10,12-13,25H2,1-3H3. The number of ketones is 1. The molecule has 0 aliphatic carbocycles. The molecule has 0 saturated carbocycles. The lowest BCUT2D eigenvalue weighted by molar-refractivity contribution is 0.0485. The van der Waals surface area contributed by atoms with Crippen LogP contribution >= 0.6 is 0 Å². The van der Waals surface area contributed by atoms with E-state index in [4.69, 9.17) is 15.2 Å². The third-order valence-corrected chi connectivity index (χ3v) is 4.93. The fourth-order valence-corrected chi connectivity index (χ4v) is 3.39. The van der Waals surface area contributed by atoms with E-state index >= 15 is 0 Å². The summed E-state index contributed by atoms with van der Waals surface area (Å²) >= 11 is 0. The first-order valence-electron chi connectivity index (χ1n) is 10.3. The van der Waals surface area contributed by atoms with Crippen molar-refractivity contribution in [3.05, 3.63) is 59.5 Å². The van der Waals surface area contributed by atoms with E-state index in [0.717, 1.165) is 0 Å². The Kier molecular flexibility index (Phi) is 7.02. The molecule has 2 N–H and O–H groups in total. The zero-order chi connectivity index (χ0) is 22.6. The molecule has 1 aliphatic heterocycles. The number of ether oxygens (including phenoxy) is 2. The maximum Gasteiger partial charge on any atom is 0.416 e. The number of anilines is 1. The number of Topliss-reactive ketones (excluding diaryl/α,β-unsaturated/α-hetero) is 1. The van der Waals surface area contributed by atoms with Gasteiger partial charge >= 0.3 is 6.09 Å². The van der Waals surface area contributed by atoms with Crippen molar-refractivity contribution in [1.29, 1.82) is 0 Å². The molecule has 1 saturated heterocycles. The van der Waals surface area contributed by atoms with E-state index in [2.05, 4.69) is 4.98 Å². The van der Waals surface area contributed by atoms with Gasteiger partial charge in [-0.1, -0.05) is 0 Å². The molecule has 1 aromatic heterocycles. The van der Waals surface area contributed by atoms with Gasteiger partial charge in [-0.2, -0.15) is 0 Å². The average molecular weight is 429 g/mol. The number of carbonyl (C=O) groups is 2. The van der Waals surface area contributed by atoms with Crippen molar-refractivity contribution in [2.75, 3.05) is 18.1 Å². The van der Waals surface area contributed by atoms with E-state index in [9.17, 15) is 14.0 Å². The molecule has 31 heavy (non-hydrogen) atoms. The summed E-state index contributed by atoms with van der Waals surface area (Å²) in [7, 11) is 0. The van der Waals surface area contributed by atoms with Gasteiger partial charge in [0.25, 0.3) is 0 Å². The molecule has 1 amide bonds. The number of halogens is 1.